The molecule has 3 aliphatic heterocycles. The van der Waals surface area contributed by atoms with Gasteiger partial charge in [0, 0.05) is 31.6 Å². The molecular weight excluding hydrogens is 788 g/mol. The van der Waals surface area contributed by atoms with Crippen molar-refractivity contribution in [2.45, 2.75) is 125 Å². The molecule has 0 bridgehead atoms. The molecule has 5 aliphatic rings. The number of benzene rings is 1. The number of amides is 5. The average Bonchev–Trinajstić information content (AvgIpc) is 3.46. The van der Waals surface area contributed by atoms with Gasteiger partial charge in [-0.2, -0.15) is 0 Å². The molecule has 1 spiro atoms. The molecule has 4 N–H and O–H groups in total. The van der Waals surface area contributed by atoms with Gasteiger partial charge in [-0.3, -0.25) is 14.4 Å². The highest BCUT2D eigenvalue weighted by molar-refractivity contribution is 7.90. The van der Waals surface area contributed by atoms with E-state index in [1.54, 1.807) is 6.20 Å². The Morgan fingerprint density at radius 1 is 1.02 bits per heavy atom. The number of sulfonamides is 1. The quantitative estimate of drug-likeness (QED) is 0.326. The number of hydrogen-bond acceptors (Lipinski definition) is 12. The van der Waals surface area contributed by atoms with Crippen LogP contribution in [0.15, 0.2) is 48.3 Å². The van der Waals surface area contributed by atoms with Crippen molar-refractivity contribution in [1.29, 1.82) is 0 Å². The van der Waals surface area contributed by atoms with E-state index < -0.39 is 80.3 Å². The Kier molecular flexibility index (Phi) is 12.7. The molecule has 1 aromatic heterocycles. The van der Waals surface area contributed by atoms with E-state index in [2.05, 4.69) is 32.5 Å². The number of hydrogen-bond donors (Lipinski definition) is 4. The Labute approximate surface area is 342 Å². The van der Waals surface area contributed by atoms with E-state index in [-0.39, 0.29) is 44.1 Å². The summed E-state index contributed by atoms with van der Waals surface area (Å²) < 4.78 is 55.5. The van der Waals surface area contributed by atoms with Crippen LogP contribution >= 0.6 is 0 Å². The lowest BCUT2D eigenvalue weighted by atomic mass is 10.0. The lowest BCUT2D eigenvalue weighted by Crippen LogP contribution is -2.58. The first-order chi connectivity index (χ1) is 28.4. The third-order valence-electron chi connectivity index (χ3n) is 11.9. The molecule has 5 atom stereocenters. The van der Waals surface area contributed by atoms with Crippen LogP contribution in [0.3, 0.4) is 0 Å². The van der Waals surface area contributed by atoms with Gasteiger partial charge in [-0.25, -0.2) is 37.1 Å². The number of nitrogens with zero attached hydrogens (tertiary/aromatic N) is 4. The van der Waals surface area contributed by atoms with E-state index in [9.17, 15) is 36.8 Å². The van der Waals surface area contributed by atoms with Gasteiger partial charge in [-0.1, -0.05) is 31.8 Å². The Morgan fingerprint density at radius 3 is 2.56 bits per heavy atom. The molecule has 4 heterocycles. The zero-order valence-electron chi connectivity index (χ0n) is 32.8. The minimum absolute atomic E-state index is 0.00584. The van der Waals surface area contributed by atoms with E-state index in [0.29, 0.717) is 44.5 Å². The molecule has 2 aliphatic carbocycles. The Balaban J connectivity index is 1.16. The first-order valence-corrected chi connectivity index (χ1v) is 21.9. The Bertz CT molecular complexity index is 2070. The van der Waals surface area contributed by atoms with Gasteiger partial charge in [0.05, 0.1) is 24.5 Å². The summed E-state index contributed by atoms with van der Waals surface area (Å²) >= 11 is 0. The molecular formula is C40H51FN8O9S. The van der Waals surface area contributed by atoms with Gasteiger partial charge in [0.25, 0.3) is 15.9 Å². The van der Waals surface area contributed by atoms with Crippen LogP contribution in [0.25, 0.3) is 0 Å². The normalized spacial score (nSPS) is 27.8. The second kappa shape index (κ2) is 17.9. The van der Waals surface area contributed by atoms with Crippen LogP contribution < -0.4 is 20.7 Å². The zero-order valence-corrected chi connectivity index (χ0v) is 33.6. The largest absolute Gasteiger partial charge is 0.446 e. The van der Waals surface area contributed by atoms with Crippen molar-refractivity contribution < 1.29 is 46.3 Å². The van der Waals surface area contributed by atoms with Crippen LogP contribution in [0.2, 0.25) is 0 Å². The van der Waals surface area contributed by atoms with Crippen molar-refractivity contribution in [2.24, 2.45) is 5.92 Å². The topological polar surface area (TPSA) is 218 Å². The van der Waals surface area contributed by atoms with Crippen molar-refractivity contribution in [3.05, 3.63) is 60.5 Å². The van der Waals surface area contributed by atoms with E-state index in [1.165, 1.54) is 28.3 Å². The Hall–Kier alpha value is -5.33. The molecule has 0 radical (unpaired) electrons. The molecule has 318 valence electrons. The number of ether oxygens (including phenoxy) is 2. The highest BCUT2D eigenvalue weighted by Gasteiger charge is 2.61. The van der Waals surface area contributed by atoms with Gasteiger partial charge in [0.15, 0.2) is 0 Å². The summed E-state index contributed by atoms with van der Waals surface area (Å²) in [5.74, 6) is -3.97. The van der Waals surface area contributed by atoms with E-state index in [4.69, 9.17) is 9.47 Å². The lowest BCUT2D eigenvalue weighted by molar-refractivity contribution is -0.141. The number of nitrogens with one attached hydrogen (secondary N) is 4. The molecule has 1 saturated heterocycles. The van der Waals surface area contributed by atoms with Crippen LogP contribution in [-0.2, 0) is 46.8 Å². The highest BCUT2D eigenvalue weighted by Crippen LogP contribution is 2.45. The first-order valence-electron chi connectivity index (χ1n) is 20.4. The van der Waals surface area contributed by atoms with Gasteiger partial charge < -0.3 is 35.2 Å². The minimum atomic E-state index is -4.66. The predicted octanol–water partition coefficient (Wildman–Crippen LogP) is 3.45. The summed E-state index contributed by atoms with van der Waals surface area (Å²) in [6.07, 6.45) is 9.18. The summed E-state index contributed by atoms with van der Waals surface area (Å²) in [6, 6.07) is 0.856. The number of alkyl carbamates (subject to hydrolysis) is 1. The fourth-order valence-corrected chi connectivity index (χ4v) is 9.72. The van der Waals surface area contributed by atoms with Gasteiger partial charge in [-0.15, -0.1) is 6.58 Å². The van der Waals surface area contributed by atoms with Gasteiger partial charge in [0.2, 0.25) is 11.8 Å². The Morgan fingerprint density at radius 2 is 1.78 bits per heavy atom. The van der Waals surface area contributed by atoms with Gasteiger partial charge >= 0.3 is 12.2 Å². The van der Waals surface area contributed by atoms with Crippen LogP contribution in [0.5, 0.6) is 0 Å². The SMILES string of the molecule is C=C[C@@H]1C[C@@]12NC(=O)[C@@H]1C[C@@H](OC(=O)N3CCc4cncnc4C3)CN1C(=O)[C@@H](NC(=O)OC1CCCC1)CCCCCCCNc1ccc(F)cc1S(=O)(=O)NC2=O. The molecule has 2 aromatic rings. The number of anilines is 1. The molecule has 19 heteroatoms. The van der Waals surface area contributed by atoms with Crippen molar-refractivity contribution >= 4 is 45.6 Å². The smallest absolute Gasteiger partial charge is 0.410 e. The number of carbonyl (C=O) groups is 5. The van der Waals surface area contributed by atoms with Crippen molar-refractivity contribution in [3.63, 3.8) is 0 Å². The molecule has 2 saturated carbocycles. The van der Waals surface area contributed by atoms with Crippen molar-refractivity contribution in [3.8, 4) is 0 Å². The second-order valence-electron chi connectivity index (χ2n) is 16.0. The van der Waals surface area contributed by atoms with Crippen LogP contribution in [0.1, 0.15) is 88.3 Å². The van der Waals surface area contributed by atoms with E-state index in [1.807, 2.05) is 4.72 Å². The lowest BCUT2D eigenvalue weighted by Gasteiger charge is -2.30. The number of carbonyl (C=O) groups excluding carboxylic acids is 5. The first kappa shape index (κ1) is 41.8. The molecule has 0 unspecified atom stereocenters. The zero-order chi connectivity index (χ0) is 41.7. The fraction of sp³-hybridized carbons (Fsp3) is 0.575. The maximum Gasteiger partial charge on any atom is 0.410 e. The summed E-state index contributed by atoms with van der Waals surface area (Å²) in [7, 11) is -4.66. The van der Waals surface area contributed by atoms with Crippen molar-refractivity contribution in [1.82, 2.24) is 35.1 Å². The number of aromatic nitrogens is 2. The summed E-state index contributed by atoms with van der Waals surface area (Å²) in [5.41, 5.74) is -0.0692. The highest BCUT2D eigenvalue weighted by atomic mass is 32.2. The molecule has 17 nitrogen and oxygen atoms in total. The standard InChI is InChI=1S/C40H51FN8O9S/c1-2-26-20-40(26)37(52)47-59(55,56)34-18-27(41)13-14-30(34)43-16-9-5-3-4-6-12-31(45-38(53)57-28-10-7-8-11-28)36(51)49-22-29(19-33(49)35(50)46-40)58-39(54)48-17-15-25-21-42-24-44-32(25)23-48/h2,13-14,18,21,24,26,28-29,31,33,43H,1,3-12,15-17,19-20,22-23H2,(H,45,53)(H,46,50)(H,47,52)/t26-,29-,31+,33+,40-/m1/s1. The third kappa shape index (κ3) is 9.60. The molecule has 7 rings (SSSR count). The summed E-state index contributed by atoms with van der Waals surface area (Å²) in [5, 5.41) is 8.51. The number of rotatable bonds is 4. The van der Waals surface area contributed by atoms with Crippen LogP contribution in [0.4, 0.5) is 19.7 Å². The van der Waals surface area contributed by atoms with E-state index in [0.717, 1.165) is 56.2 Å². The van der Waals surface area contributed by atoms with Gasteiger partial charge in [-0.05, 0) is 75.1 Å². The van der Waals surface area contributed by atoms with Crippen molar-refractivity contribution in [2.75, 3.05) is 25.0 Å². The molecule has 1 aromatic carbocycles. The molecule has 59 heavy (non-hydrogen) atoms. The summed E-state index contributed by atoms with van der Waals surface area (Å²) in [4.78, 5) is 80.3. The van der Waals surface area contributed by atoms with Crippen LogP contribution in [-0.4, -0.2) is 108 Å². The number of halogens is 1. The fourth-order valence-electron chi connectivity index (χ4n) is 8.49. The average molecular weight is 839 g/mol. The predicted molar refractivity (Wildman–Crippen MR) is 209 cm³/mol. The minimum Gasteiger partial charge on any atom is -0.446 e. The third-order valence-corrected chi connectivity index (χ3v) is 13.3. The molecule has 3 fully saturated rings. The maximum absolute atomic E-state index is 14.6. The monoisotopic (exact) mass is 838 g/mol. The number of fused-ring (bicyclic) bond motifs is 3. The van der Waals surface area contributed by atoms with Crippen LogP contribution in [0, 0.1) is 11.7 Å². The second-order valence-corrected chi connectivity index (χ2v) is 17.6. The summed E-state index contributed by atoms with van der Waals surface area (Å²) in [6.45, 7) is 4.44. The van der Waals surface area contributed by atoms with Gasteiger partial charge in [0.1, 0.15) is 46.9 Å². The maximum atomic E-state index is 14.6. The van der Waals surface area contributed by atoms with E-state index >= 15 is 0 Å². The molecule has 5 amide bonds.